The SMILES string of the molecule is Cl.Cl.c1cc(CN2CCC3(CC2)CNCCO3)cc(Cn2cccn2)c1. The summed E-state index contributed by atoms with van der Waals surface area (Å²) in [7, 11) is 0. The highest BCUT2D eigenvalue weighted by Gasteiger charge is 2.36. The van der Waals surface area contributed by atoms with Gasteiger partial charge in [0.25, 0.3) is 0 Å². The minimum absolute atomic E-state index is 0. The van der Waals surface area contributed by atoms with Crippen LogP contribution >= 0.6 is 24.8 Å². The van der Waals surface area contributed by atoms with Gasteiger partial charge in [0.15, 0.2) is 0 Å². The van der Waals surface area contributed by atoms with Crippen molar-refractivity contribution >= 4 is 24.8 Å². The molecule has 7 heteroatoms. The van der Waals surface area contributed by atoms with Crippen LogP contribution in [0.3, 0.4) is 0 Å². The maximum Gasteiger partial charge on any atom is 0.0831 e. The van der Waals surface area contributed by atoms with E-state index in [4.69, 9.17) is 4.74 Å². The van der Waals surface area contributed by atoms with Gasteiger partial charge in [-0.2, -0.15) is 5.10 Å². The van der Waals surface area contributed by atoms with E-state index in [0.29, 0.717) is 0 Å². The number of morpholine rings is 1. The van der Waals surface area contributed by atoms with Gasteiger partial charge in [-0.3, -0.25) is 9.58 Å². The van der Waals surface area contributed by atoms with Gasteiger partial charge in [0.1, 0.15) is 0 Å². The van der Waals surface area contributed by atoms with Crippen molar-refractivity contribution in [3.63, 3.8) is 0 Å². The molecule has 3 heterocycles. The Balaban J connectivity index is 0.00000121. The second kappa shape index (κ2) is 9.72. The minimum Gasteiger partial charge on any atom is -0.372 e. The van der Waals surface area contributed by atoms with Crippen LogP contribution in [0.5, 0.6) is 0 Å². The highest BCUT2D eigenvalue weighted by Crippen LogP contribution is 2.28. The molecule has 0 atom stereocenters. The molecule has 2 aliphatic heterocycles. The molecule has 0 aliphatic carbocycles. The fraction of sp³-hybridized carbons (Fsp3) is 0.526. The summed E-state index contributed by atoms with van der Waals surface area (Å²) in [6.07, 6.45) is 6.10. The highest BCUT2D eigenvalue weighted by atomic mass is 35.5. The average molecular weight is 399 g/mol. The van der Waals surface area contributed by atoms with E-state index < -0.39 is 0 Å². The molecule has 5 nitrogen and oxygen atoms in total. The van der Waals surface area contributed by atoms with E-state index in [-0.39, 0.29) is 30.4 Å². The predicted octanol–water partition coefficient (Wildman–Crippen LogP) is 2.73. The first-order valence-corrected chi connectivity index (χ1v) is 8.94. The number of hydrogen-bond donors (Lipinski definition) is 1. The molecule has 2 aliphatic rings. The summed E-state index contributed by atoms with van der Waals surface area (Å²) in [5, 5.41) is 7.78. The number of piperidine rings is 1. The van der Waals surface area contributed by atoms with E-state index in [1.165, 1.54) is 11.1 Å². The van der Waals surface area contributed by atoms with Crippen LogP contribution in [0.25, 0.3) is 0 Å². The molecule has 26 heavy (non-hydrogen) atoms. The third-order valence-corrected chi connectivity index (χ3v) is 5.20. The standard InChI is InChI=1S/C19H26N4O.2ClH/c1-3-17(13-18(4-1)15-23-9-2-7-21-23)14-22-10-5-19(6-11-22)16-20-8-12-24-19;;/h1-4,7,9,13,20H,5-6,8,10-12,14-16H2;2*1H. The van der Waals surface area contributed by atoms with E-state index in [1.54, 1.807) is 0 Å². The van der Waals surface area contributed by atoms with Crippen molar-refractivity contribution in [1.82, 2.24) is 20.0 Å². The second-order valence-electron chi connectivity index (χ2n) is 7.01. The van der Waals surface area contributed by atoms with Crippen molar-refractivity contribution < 1.29 is 4.74 Å². The summed E-state index contributed by atoms with van der Waals surface area (Å²) >= 11 is 0. The minimum atomic E-state index is 0. The first-order chi connectivity index (χ1) is 11.8. The van der Waals surface area contributed by atoms with E-state index in [0.717, 1.165) is 58.7 Å². The molecule has 2 aromatic rings. The quantitative estimate of drug-likeness (QED) is 0.859. The lowest BCUT2D eigenvalue weighted by molar-refractivity contribution is -0.100. The molecule has 4 rings (SSSR count). The summed E-state index contributed by atoms with van der Waals surface area (Å²) in [5.74, 6) is 0. The Hall–Kier alpha value is -1.11. The van der Waals surface area contributed by atoms with Gasteiger partial charge in [-0.15, -0.1) is 24.8 Å². The molecule has 0 bridgehead atoms. The molecule has 1 N–H and O–H groups in total. The molecule has 0 unspecified atom stereocenters. The molecule has 144 valence electrons. The van der Waals surface area contributed by atoms with Crippen molar-refractivity contribution in [3.8, 4) is 0 Å². The predicted molar refractivity (Wildman–Crippen MR) is 108 cm³/mol. The largest absolute Gasteiger partial charge is 0.372 e. The zero-order valence-corrected chi connectivity index (χ0v) is 16.6. The Morgan fingerprint density at radius 3 is 2.50 bits per heavy atom. The number of nitrogens with zero attached hydrogens (tertiary/aromatic N) is 3. The molecule has 1 aromatic carbocycles. The number of nitrogens with one attached hydrogen (secondary N) is 1. The van der Waals surface area contributed by atoms with Crippen LogP contribution in [0.4, 0.5) is 0 Å². The molecule has 2 fully saturated rings. The maximum absolute atomic E-state index is 6.08. The molecule has 0 saturated carbocycles. The number of ether oxygens (including phenoxy) is 1. The van der Waals surface area contributed by atoms with Gasteiger partial charge < -0.3 is 10.1 Å². The molecular weight excluding hydrogens is 371 g/mol. The van der Waals surface area contributed by atoms with Gasteiger partial charge in [-0.25, -0.2) is 0 Å². The lowest BCUT2D eigenvalue weighted by Gasteiger charge is -2.44. The zero-order valence-electron chi connectivity index (χ0n) is 15.0. The average Bonchev–Trinajstić information content (AvgIpc) is 3.11. The van der Waals surface area contributed by atoms with Crippen molar-refractivity contribution in [3.05, 3.63) is 53.9 Å². The molecule has 1 spiro atoms. The van der Waals surface area contributed by atoms with E-state index in [2.05, 4.69) is 39.6 Å². The number of aromatic nitrogens is 2. The lowest BCUT2D eigenvalue weighted by atomic mass is 9.90. The van der Waals surface area contributed by atoms with Gasteiger partial charge in [-0.05, 0) is 30.0 Å². The fourth-order valence-electron chi connectivity index (χ4n) is 3.81. The monoisotopic (exact) mass is 398 g/mol. The molecule has 0 radical (unpaired) electrons. The Labute approximate surface area is 167 Å². The van der Waals surface area contributed by atoms with Crippen LogP contribution in [0, 0.1) is 0 Å². The Kier molecular flexibility index (Phi) is 7.92. The van der Waals surface area contributed by atoms with Gasteiger partial charge in [0.2, 0.25) is 0 Å². The Bertz CT molecular complexity index is 649. The van der Waals surface area contributed by atoms with Crippen LogP contribution in [-0.2, 0) is 17.8 Å². The number of hydrogen-bond acceptors (Lipinski definition) is 4. The summed E-state index contributed by atoms with van der Waals surface area (Å²) in [6, 6.07) is 10.8. The number of benzene rings is 1. The normalized spacial score (nSPS) is 19.5. The Morgan fingerprint density at radius 1 is 1.08 bits per heavy atom. The summed E-state index contributed by atoms with van der Waals surface area (Å²) < 4.78 is 8.05. The third-order valence-electron chi connectivity index (χ3n) is 5.20. The van der Waals surface area contributed by atoms with Gasteiger partial charge in [0.05, 0.1) is 18.8 Å². The van der Waals surface area contributed by atoms with E-state index in [9.17, 15) is 0 Å². The van der Waals surface area contributed by atoms with E-state index in [1.807, 2.05) is 23.1 Å². The second-order valence-corrected chi connectivity index (χ2v) is 7.01. The van der Waals surface area contributed by atoms with Crippen LogP contribution in [0.1, 0.15) is 24.0 Å². The first kappa shape index (κ1) is 21.2. The van der Waals surface area contributed by atoms with Crippen molar-refractivity contribution in [2.24, 2.45) is 0 Å². The fourth-order valence-corrected chi connectivity index (χ4v) is 3.81. The Morgan fingerprint density at radius 2 is 1.85 bits per heavy atom. The molecule has 0 amide bonds. The van der Waals surface area contributed by atoms with Crippen LogP contribution < -0.4 is 5.32 Å². The lowest BCUT2D eigenvalue weighted by Crippen LogP contribution is -2.55. The van der Waals surface area contributed by atoms with Crippen molar-refractivity contribution in [1.29, 1.82) is 0 Å². The number of likely N-dealkylation sites (tertiary alicyclic amines) is 1. The van der Waals surface area contributed by atoms with Gasteiger partial charge in [-0.1, -0.05) is 24.3 Å². The maximum atomic E-state index is 6.08. The van der Waals surface area contributed by atoms with Crippen molar-refractivity contribution in [2.45, 2.75) is 31.5 Å². The molecule has 2 saturated heterocycles. The summed E-state index contributed by atoms with van der Waals surface area (Å²) in [6.45, 7) is 6.96. The van der Waals surface area contributed by atoms with Crippen LogP contribution in [0.15, 0.2) is 42.7 Å². The highest BCUT2D eigenvalue weighted by molar-refractivity contribution is 5.85. The zero-order chi connectivity index (χ0) is 16.2. The summed E-state index contributed by atoms with van der Waals surface area (Å²) in [4.78, 5) is 2.55. The number of rotatable bonds is 4. The number of halogens is 2. The van der Waals surface area contributed by atoms with Gasteiger partial charge >= 0.3 is 0 Å². The molecule has 1 aromatic heterocycles. The third kappa shape index (κ3) is 5.21. The van der Waals surface area contributed by atoms with Gasteiger partial charge in [0, 0.05) is 45.1 Å². The smallest absolute Gasteiger partial charge is 0.0831 e. The first-order valence-electron chi connectivity index (χ1n) is 8.94. The summed E-state index contributed by atoms with van der Waals surface area (Å²) in [5.41, 5.74) is 2.79. The van der Waals surface area contributed by atoms with Crippen LogP contribution in [-0.4, -0.2) is 53.1 Å². The van der Waals surface area contributed by atoms with Crippen molar-refractivity contribution in [2.75, 3.05) is 32.8 Å². The molecular formula is C19H28Cl2N4O. The topological polar surface area (TPSA) is 42.3 Å². The van der Waals surface area contributed by atoms with Crippen LogP contribution in [0.2, 0.25) is 0 Å². The van der Waals surface area contributed by atoms with E-state index >= 15 is 0 Å².